The van der Waals surface area contributed by atoms with Crippen molar-refractivity contribution in [3.05, 3.63) is 71.9 Å². The molecular formula is C30H31N9O5. The number of carboxylic acids is 1. The zero-order valence-electron chi connectivity index (χ0n) is 24.1. The van der Waals surface area contributed by atoms with E-state index in [4.69, 9.17) is 4.74 Å². The van der Waals surface area contributed by atoms with E-state index < -0.39 is 11.9 Å². The van der Waals surface area contributed by atoms with Gasteiger partial charge in [0, 0.05) is 56.0 Å². The van der Waals surface area contributed by atoms with Crippen molar-refractivity contribution in [2.24, 2.45) is 5.92 Å². The number of carbonyl (C=O) groups is 3. The third kappa shape index (κ3) is 6.06. The van der Waals surface area contributed by atoms with Gasteiger partial charge in [0.1, 0.15) is 11.4 Å². The minimum Gasteiger partial charge on any atom is -0.494 e. The molecule has 1 aliphatic carbocycles. The van der Waals surface area contributed by atoms with Gasteiger partial charge in [-0.25, -0.2) is 9.78 Å². The lowest BCUT2D eigenvalue weighted by atomic mass is 10.1. The van der Waals surface area contributed by atoms with Gasteiger partial charge in [-0.1, -0.05) is 18.2 Å². The van der Waals surface area contributed by atoms with E-state index in [0.29, 0.717) is 29.4 Å². The second-order valence-electron chi connectivity index (χ2n) is 10.7. The Labute approximate surface area is 252 Å². The Morgan fingerprint density at radius 2 is 1.86 bits per heavy atom. The maximum atomic E-state index is 12.6. The number of methoxy groups -OCH3 is 1. The molecule has 1 saturated heterocycles. The second kappa shape index (κ2) is 12.1. The molecule has 4 heterocycles. The van der Waals surface area contributed by atoms with Gasteiger partial charge in [0.2, 0.25) is 5.91 Å². The van der Waals surface area contributed by atoms with Crippen LogP contribution in [0.2, 0.25) is 0 Å². The Bertz CT molecular complexity index is 1730. The van der Waals surface area contributed by atoms with Crippen molar-refractivity contribution >= 4 is 35.0 Å². The number of aromatic carboxylic acids is 1. The largest absolute Gasteiger partial charge is 0.494 e. The fraction of sp³-hybridized carbons (Fsp3) is 0.300. The minimum absolute atomic E-state index is 0.0135. The number of rotatable bonds is 11. The summed E-state index contributed by atoms with van der Waals surface area (Å²) in [7, 11) is 3.07. The monoisotopic (exact) mass is 597 g/mol. The third-order valence-corrected chi connectivity index (χ3v) is 7.56. The Hall–Kier alpha value is -5.37. The molecule has 2 fully saturated rings. The number of aromatic nitrogens is 5. The summed E-state index contributed by atoms with van der Waals surface area (Å²) in [5, 5.41) is 30.5. The fourth-order valence-electron chi connectivity index (χ4n) is 5.07. The number of para-hydroxylation sites is 1. The first-order valence-electron chi connectivity index (χ1n) is 14.1. The number of likely N-dealkylation sites (tertiary alicyclic amines) is 1. The molecule has 6 rings (SSSR count). The van der Waals surface area contributed by atoms with Crippen molar-refractivity contribution in [2.75, 3.05) is 37.9 Å². The molecule has 4 N–H and O–H groups in total. The summed E-state index contributed by atoms with van der Waals surface area (Å²) < 4.78 is 7.74. The van der Waals surface area contributed by atoms with Gasteiger partial charge >= 0.3 is 5.97 Å². The number of benzene rings is 1. The molecule has 1 saturated carbocycles. The molecule has 3 aromatic heterocycles. The van der Waals surface area contributed by atoms with Crippen molar-refractivity contribution in [2.45, 2.75) is 25.4 Å². The molecule has 0 radical (unpaired) electrons. The summed E-state index contributed by atoms with van der Waals surface area (Å²) in [4.78, 5) is 42.5. The van der Waals surface area contributed by atoms with Crippen LogP contribution in [-0.2, 0) is 11.3 Å². The van der Waals surface area contributed by atoms with Gasteiger partial charge in [0.15, 0.2) is 11.5 Å². The van der Waals surface area contributed by atoms with Crippen LogP contribution in [0.5, 0.6) is 5.75 Å². The molecule has 14 nitrogen and oxygen atoms in total. The number of pyridine rings is 1. The molecule has 2 aliphatic rings. The van der Waals surface area contributed by atoms with E-state index in [1.165, 1.54) is 13.1 Å². The van der Waals surface area contributed by atoms with Crippen molar-refractivity contribution < 1.29 is 24.2 Å². The summed E-state index contributed by atoms with van der Waals surface area (Å²) in [6.07, 6.45) is 5.43. The lowest BCUT2D eigenvalue weighted by Gasteiger charge is -2.39. The molecule has 14 heteroatoms. The molecule has 4 aromatic rings. The first kappa shape index (κ1) is 28.7. The number of nitrogens with one attached hydrogen (secondary N) is 3. The van der Waals surface area contributed by atoms with E-state index in [0.717, 1.165) is 37.1 Å². The average Bonchev–Trinajstić information content (AvgIpc) is 3.76. The number of anilines is 3. The van der Waals surface area contributed by atoms with Crippen LogP contribution in [0.15, 0.2) is 54.9 Å². The normalized spacial score (nSPS) is 14.9. The maximum Gasteiger partial charge on any atom is 0.354 e. The predicted molar refractivity (Wildman–Crippen MR) is 160 cm³/mol. The number of carboxylic acid groups (broad SMARTS) is 1. The number of nitrogens with zero attached hydrogens (tertiary/aromatic N) is 6. The number of carbonyl (C=O) groups excluding carboxylic acids is 2. The van der Waals surface area contributed by atoms with Crippen molar-refractivity contribution in [3.8, 4) is 16.9 Å². The first-order chi connectivity index (χ1) is 21.3. The summed E-state index contributed by atoms with van der Waals surface area (Å²) in [5.74, 6) is -0.827. The summed E-state index contributed by atoms with van der Waals surface area (Å²) in [6, 6.07) is 12.4. The lowest BCUT2D eigenvalue weighted by Crippen LogP contribution is -2.47. The number of hydrogen-bond acceptors (Lipinski definition) is 10. The van der Waals surface area contributed by atoms with Gasteiger partial charge in [-0.3, -0.25) is 19.2 Å². The van der Waals surface area contributed by atoms with Gasteiger partial charge in [-0.05, 0) is 31.0 Å². The standard InChI is InChI=1S/C30H31N9O5/c1-31-29(41)26-24(11-25(36-37-26)35-28(40)17-9-10-17)34-22-7-4-6-21(27(22)44-2)18-12-32-39(13-18)20-15-38(16-20)14-19-5-3-8-23(33-19)30(42)43/h3-8,11-13,17,20H,9-10,14-16H2,1-2H3,(H,31,41)(H,42,43)(H2,34,35,36,40). The van der Waals surface area contributed by atoms with Crippen molar-refractivity contribution in [1.29, 1.82) is 0 Å². The summed E-state index contributed by atoms with van der Waals surface area (Å²) in [5.41, 5.74) is 3.39. The molecule has 0 unspecified atom stereocenters. The van der Waals surface area contributed by atoms with E-state index in [-0.39, 0.29) is 35.1 Å². The highest BCUT2D eigenvalue weighted by molar-refractivity contribution is 6.00. The van der Waals surface area contributed by atoms with E-state index in [2.05, 4.69) is 41.1 Å². The quantitative estimate of drug-likeness (QED) is 0.200. The van der Waals surface area contributed by atoms with Gasteiger partial charge in [0.25, 0.3) is 5.91 Å². The smallest absolute Gasteiger partial charge is 0.354 e. The van der Waals surface area contributed by atoms with Crippen LogP contribution < -0.4 is 20.7 Å². The van der Waals surface area contributed by atoms with E-state index in [1.54, 1.807) is 25.4 Å². The topological polar surface area (TPSA) is 176 Å². The first-order valence-corrected chi connectivity index (χ1v) is 14.1. The number of hydrogen-bond donors (Lipinski definition) is 4. The highest BCUT2D eigenvalue weighted by Crippen LogP contribution is 2.39. The molecule has 1 aliphatic heterocycles. The molecule has 0 atom stereocenters. The molecular weight excluding hydrogens is 566 g/mol. The van der Waals surface area contributed by atoms with E-state index in [1.807, 2.05) is 35.1 Å². The maximum absolute atomic E-state index is 12.6. The van der Waals surface area contributed by atoms with Crippen LogP contribution >= 0.6 is 0 Å². The molecule has 2 amide bonds. The Morgan fingerprint density at radius 1 is 1.07 bits per heavy atom. The van der Waals surface area contributed by atoms with Crippen LogP contribution in [0.3, 0.4) is 0 Å². The SMILES string of the molecule is CNC(=O)c1nnc(NC(=O)C2CC2)cc1Nc1cccc(-c2cnn(C3CN(Cc4cccc(C(=O)O)n4)C3)c2)c1OC. The highest BCUT2D eigenvalue weighted by atomic mass is 16.5. The molecule has 0 spiro atoms. The van der Waals surface area contributed by atoms with Gasteiger partial charge in [-0.15, -0.1) is 10.2 Å². The molecule has 44 heavy (non-hydrogen) atoms. The Balaban J connectivity index is 1.18. The summed E-state index contributed by atoms with van der Waals surface area (Å²) >= 11 is 0. The zero-order chi connectivity index (χ0) is 30.8. The van der Waals surface area contributed by atoms with Crippen molar-refractivity contribution in [1.82, 2.24) is 35.2 Å². The Kier molecular flexibility index (Phi) is 7.89. The highest BCUT2D eigenvalue weighted by Gasteiger charge is 2.31. The van der Waals surface area contributed by atoms with Crippen LogP contribution in [-0.4, -0.2) is 80.0 Å². The zero-order valence-corrected chi connectivity index (χ0v) is 24.1. The van der Waals surface area contributed by atoms with Crippen LogP contribution in [0, 0.1) is 5.92 Å². The average molecular weight is 598 g/mol. The van der Waals surface area contributed by atoms with Crippen LogP contribution in [0.25, 0.3) is 11.1 Å². The lowest BCUT2D eigenvalue weighted by molar-refractivity contribution is -0.117. The van der Waals surface area contributed by atoms with Gasteiger partial charge in [-0.2, -0.15) is 5.10 Å². The second-order valence-corrected chi connectivity index (χ2v) is 10.7. The predicted octanol–water partition coefficient (Wildman–Crippen LogP) is 2.95. The number of amides is 2. The fourth-order valence-corrected chi connectivity index (χ4v) is 5.07. The van der Waals surface area contributed by atoms with E-state index in [9.17, 15) is 19.5 Å². The van der Waals surface area contributed by atoms with Crippen molar-refractivity contribution in [3.63, 3.8) is 0 Å². The molecule has 0 bridgehead atoms. The van der Waals surface area contributed by atoms with Gasteiger partial charge in [0.05, 0.1) is 36.4 Å². The van der Waals surface area contributed by atoms with Crippen LogP contribution in [0.4, 0.5) is 17.2 Å². The third-order valence-electron chi connectivity index (χ3n) is 7.56. The summed E-state index contributed by atoms with van der Waals surface area (Å²) in [6.45, 7) is 2.05. The Morgan fingerprint density at radius 3 is 2.59 bits per heavy atom. The number of ether oxygens (including phenoxy) is 1. The van der Waals surface area contributed by atoms with Gasteiger partial charge < -0.3 is 25.8 Å². The minimum atomic E-state index is -1.04. The van der Waals surface area contributed by atoms with E-state index >= 15 is 0 Å². The molecule has 1 aromatic carbocycles. The van der Waals surface area contributed by atoms with Crippen LogP contribution in [0.1, 0.15) is 45.6 Å². The molecule has 226 valence electrons.